The highest BCUT2D eigenvalue weighted by Gasteiger charge is 2.19. The Labute approximate surface area is 170 Å². The van der Waals surface area contributed by atoms with Crippen molar-refractivity contribution >= 4 is 27.4 Å². The SMILES string of the molecule is C=C(N=C1CCCC=C(c2cc(-c3ncco3)nn2C)S1)c1c(F)cccc1F. The molecule has 0 saturated carbocycles. The van der Waals surface area contributed by atoms with Gasteiger partial charge < -0.3 is 4.42 Å². The van der Waals surface area contributed by atoms with E-state index in [-0.39, 0.29) is 11.3 Å². The number of hydrogen-bond acceptors (Lipinski definition) is 5. The van der Waals surface area contributed by atoms with Gasteiger partial charge in [-0.2, -0.15) is 5.10 Å². The molecule has 1 aliphatic rings. The maximum Gasteiger partial charge on any atom is 0.246 e. The van der Waals surface area contributed by atoms with E-state index in [9.17, 15) is 8.78 Å². The molecule has 5 nitrogen and oxygen atoms in total. The van der Waals surface area contributed by atoms with Gasteiger partial charge in [0.15, 0.2) is 0 Å². The summed E-state index contributed by atoms with van der Waals surface area (Å²) in [5.74, 6) is -0.893. The van der Waals surface area contributed by atoms with Gasteiger partial charge in [-0.25, -0.2) is 18.8 Å². The van der Waals surface area contributed by atoms with Gasteiger partial charge in [-0.1, -0.05) is 30.5 Å². The van der Waals surface area contributed by atoms with Crippen molar-refractivity contribution in [3.63, 3.8) is 0 Å². The van der Waals surface area contributed by atoms with Crippen LogP contribution in [0.1, 0.15) is 30.5 Å². The standard InChI is InChI=1S/C21H18F2N4OS/c1-13(20-14(22)6-5-7-15(20)23)25-19-9-4-3-8-18(29-19)17-12-16(26-27(17)2)21-24-10-11-28-21/h5-8,10-12H,1,3-4,9H2,2H3. The number of benzene rings is 1. The normalized spacial score (nSPS) is 16.0. The number of oxazole rings is 1. The summed E-state index contributed by atoms with van der Waals surface area (Å²) in [5, 5.41) is 5.22. The molecule has 29 heavy (non-hydrogen) atoms. The molecule has 3 aromatic rings. The van der Waals surface area contributed by atoms with Gasteiger partial charge in [-0.15, -0.1) is 0 Å². The first kappa shape index (κ1) is 19.3. The molecule has 4 rings (SSSR count). The smallest absolute Gasteiger partial charge is 0.246 e. The molecule has 148 valence electrons. The fraction of sp³-hybridized carbons (Fsp3) is 0.190. The van der Waals surface area contributed by atoms with E-state index in [0.29, 0.717) is 18.0 Å². The van der Waals surface area contributed by atoms with Crippen LogP contribution in [0.3, 0.4) is 0 Å². The van der Waals surface area contributed by atoms with Gasteiger partial charge in [0.25, 0.3) is 0 Å². The van der Waals surface area contributed by atoms with Gasteiger partial charge in [-0.05, 0) is 37.5 Å². The number of halogens is 2. The highest BCUT2D eigenvalue weighted by Crippen LogP contribution is 2.36. The lowest BCUT2D eigenvalue weighted by Crippen LogP contribution is -1.99. The van der Waals surface area contributed by atoms with Gasteiger partial charge in [0.05, 0.1) is 28.2 Å². The zero-order valence-electron chi connectivity index (χ0n) is 15.7. The molecule has 0 aliphatic carbocycles. The van der Waals surface area contributed by atoms with Crippen molar-refractivity contribution in [3.8, 4) is 11.6 Å². The third kappa shape index (κ3) is 4.07. The third-order valence-electron chi connectivity index (χ3n) is 4.45. The van der Waals surface area contributed by atoms with Crippen molar-refractivity contribution in [3.05, 3.63) is 72.3 Å². The van der Waals surface area contributed by atoms with E-state index in [4.69, 9.17) is 4.42 Å². The molecule has 1 aromatic carbocycles. The number of aryl methyl sites for hydroxylation is 1. The quantitative estimate of drug-likeness (QED) is 0.553. The Hall–Kier alpha value is -3.00. The lowest BCUT2D eigenvalue weighted by atomic mass is 10.1. The van der Waals surface area contributed by atoms with Gasteiger partial charge >= 0.3 is 0 Å². The van der Waals surface area contributed by atoms with E-state index in [2.05, 4.69) is 27.7 Å². The van der Waals surface area contributed by atoms with E-state index in [1.54, 1.807) is 10.9 Å². The van der Waals surface area contributed by atoms with Gasteiger partial charge in [0.2, 0.25) is 5.89 Å². The van der Waals surface area contributed by atoms with Crippen molar-refractivity contribution in [2.24, 2.45) is 12.0 Å². The molecular formula is C21H18F2N4OS. The van der Waals surface area contributed by atoms with Crippen molar-refractivity contribution in [2.75, 3.05) is 0 Å². The lowest BCUT2D eigenvalue weighted by Gasteiger charge is -2.09. The van der Waals surface area contributed by atoms with Crippen LogP contribution in [0.5, 0.6) is 0 Å². The second kappa shape index (κ2) is 8.16. The van der Waals surface area contributed by atoms with Crippen LogP contribution in [0.15, 0.2) is 58.8 Å². The fourth-order valence-corrected chi connectivity index (χ4v) is 4.23. The molecule has 2 aromatic heterocycles. The van der Waals surface area contributed by atoms with Crippen molar-refractivity contribution in [1.29, 1.82) is 0 Å². The van der Waals surface area contributed by atoms with Crippen LogP contribution in [-0.2, 0) is 7.05 Å². The van der Waals surface area contributed by atoms with Crippen LogP contribution in [0.2, 0.25) is 0 Å². The molecule has 3 heterocycles. The summed E-state index contributed by atoms with van der Waals surface area (Å²) in [5.41, 5.74) is 1.41. The van der Waals surface area contributed by atoms with Crippen molar-refractivity contribution < 1.29 is 13.2 Å². The minimum absolute atomic E-state index is 0.0785. The van der Waals surface area contributed by atoms with Crippen LogP contribution in [-0.4, -0.2) is 19.8 Å². The Morgan fingerprint density at radius 3 is 2.83 bits per heavy atom. The molecule has 0 amide bonds. The largest absolute Gasteiger partial charge is 0.443 e. The zero-order valence-corrected chi connectivity index (χ0v) is 16.5. The molecule has 0 spiro atoms. The first-order valence-electron chi connectivity index (χ1n) is 9.06. The van der Waals surface area contributed by atoms with Crippen LogP contribution in [0.25, 0.3) is 22.2 Å². The van der Waals surface area contributed by atoms with Crippen molar-refractivity contribution in [2.45, 2.75) is 19.3 Å². The van der Waals surface area contributed by atoms with Crippen molar-refractivity contribution in [1.82, 2.24) is 14.8 Å². The predicted molar refractivity (Wildman–Crippen MR) is 111 cm³/mol. The topological polar surface area (TPSA) is 56.2 Å². The van der Waals surface area contributed by atoms with Gasteiger partial charge in [-0.3, -0.25) is 4.68 Å². The van der Waals surface area contributed by atoms with E-state index >= 15 is 0 Å². The second-order valence-corrected chi connectivity index (χ2v) is 7.60. The molecule has 0 unspecified atom stereocenters. The highest BCUT2D eigenvalue weighted by molar-refractivity contribution is 8.21. The molecule has 0 fully saturated rings. The summed E-state index contributed by atoms with van der Waals surface area (Å²) in [7, 11) is 1.85. The average molecular weight is 412 g/mol. The molecule has 8 heteroatoms. The maximum atomic E-state index is 14.1. The summed E-state index contributed by atoms with van der Waals surface area (Å²) >= 11 is 1.46. The highest BCUT2D eigenvalue weighted by atomic mass is 32.2. The summed E-state index contributed by atoms with van der Waals surface area (Å²) in [4.78, 5) is 9.56. The number of rotatable bonds is 4. The average Bonchev–Trinajstić information content (AvgIpc) is 3.28. The third-order valence-corrected chi connectivity index (χ3v) is 5.57. The van der Waals surface area contributed by atoms with Gasteiger partial charge in [0, 0.05) is 12.0 Å². The molecule has 0 bridgehead atoms. The molecule has 0 atom stereocenters. The first-order chi connectivity index (χ1) is 14.0. The van der Waals surface area contributed by atoms with E-state index < -0.39 is 11.6 Å². The Balaban J connectivity index is 1.62. The van der Waals surface area contributed by atoms with Crippen LogP contribution < -0.4 is 0 Å². The number of aliphatic imine (C=N–C) groups is 1. The Morgan fingerprint density at radius 1 is 1.31 bits per heavy atom. The monoisotopic (exact) mass is 412 g/mol. The molecule has 0 N–H and O–H groups in total. The minimum atomic E-state index is -0.670. The predicted octanol–water partition coefficient (Wildman–Crippen LogP) is 5.68. The second-order valence-electron chi connectivity index (χ2n) is 6.49. The fourth-order valence-electron chi connectivity index (χ4n) is 3.07. The summed E-state index contributed by atoms with van der Waals surface area (Å²) in [6.07, 6.45) is 7.64. The first-order valence-corrected chi connectivity index (χ1v) is 9.87. The van der Waals surface area contributed by atoms with E-state index in [0.717, 1.165) is 28.5 Å². The molecule has 1 aliphatic heterocycles. The Kier molecular flexibility index (Phi) is 5.44. The molecular weight excluding hydrogens is 394 g/mol. The van der Waals surface area contributed by atoms with Crippen LogP contribution in [0, 0.1) is 11.6 Å². The minimum Gasteiger partial charge on any atom is -0.443 e. The Morgan fingerprint density at radius 2 is 2.10 bits per heavy atom. The molecule has 0 radical (unpaired) electrons. The summed E-state index contributed by atoms with van der Waals surface area (Å²) in [6.45, 7) is 3.79. The zero-order chi connectivity index (χ0) is 20.4. The summed E-state index contributed by atoms with van der Waals surface area (Å²) in [6, 6.07) is 5.63. The number of aromatic nitrogens is 3. The lowest BCUT2D eigenvalue weighted by molar-refractivity contribution is 0.570. The number of thioether (sulfide) groups is 1. The Bertz CT molecular complexity index is 1100. The molecule has 0 saturated heterocycles. The number of hydrogen-bond donors (Lipinski definition) is 0. The summed E-state index contributed by atoms with van der Waals surface area (Å²) < 4.78 is 35.2. The van der Waals surface area contributed by atoms with Crippen LogP contribution in [0.4, 0.5) is 8.78 Å². The van der Waals surface area contributed by atoms with E-state index in [1.165, 1.54) is 36.2 Å². The van der Waals surface area contributed by atoms with Crippen LogP contribution >= 0.6 is 11.8 Å². The maximum absolute atomic E-state index is 14.1. The van der Waals surface area contributed by atoms with Gasteiger partial charge in [0.1, 0.15) is 23.6 Å². The number of nitrogens with zero attached hydrogens (tertiary/aromatic N) is 4. The van der Waals surface area contributed by atoms with E-state index in [1.807, 2.05) is 13.1 Å². The number of allylic oxidation sites excluding steroid dienone is 1.